The first-order valence-corrected chi connectivity index (χ1v) is 10.1. The molecule has 27 heavy (non-hydrogen) atoms. The average molecular weight is 376 g/mol. The molecule has 3 aliphatic rings. The molecule has 2 atom stereocenters. The molecule has 5 nitrogen and oxygen atoms in total. The molecule has 4 rings (SSSR count). The van der Waals surface area contributed by atoms with E-state index >= 15 is 0 Å². The lowest BCUT2D eigenvalue weighted by molar-refractivity contribution is 0.00127. The summed E-state index contributed by atoms with van der Waals surface area (Å²) in [5.41, 5.74) is 1.11. The number of carbonyl (C=O) groups excluding carboxylic acids is 1. The highest BCUT2D eigenvalue weighted by Gasteiger charge is 2.39. The van der Waals surface area contributed by atoms with Crippen molar-refractivity contribution in [2.75, 3.05) is 32.9 Å². The Kier molecular flexibility index (Phi) is 5.64. The summed E-state index contributed by atoms with van der Waals surface area (Å²) in [5, 5.41) is 3.21. The number of ether oxygens (including phenoxy) is 2. The van der Waals surface area contributed by atoms with E-state index in [9.17, 15) is 9.18 Å². The highest BCUT2D eigenvalue weighted by molar-refractivity contribution is 5.74. The number of benzene rings is 1. The van der Waals surface area contributed by atoms with Gasteiger partial charge in [-0.25, -0.2) is 9.18 Å². The molecule has 6 heteroatoms. The molecule has 1 spiro atoms. The number of hydrogen-bond donors (Lipinski definition) is 1. The van der Waals surface area contributed by atoms with Crippen molar-refractivity contribution in [3.8, 4) is 0 Å². The van der Waals surface area contributed by atoms with Gasteiger partial charge in [-0.15, -0.1) is 0 Å². The number of hydrogen-bond acceptors (Lipinski definition) is 3. The molecule has 3 fully saturated rings. The lowest BCUT2D eigenvalue weighted by Gasteiger charge is -2.35. The topological polar surface area (TPSA) is 50.8 Å². The Balaban J connectivity index is 1.36. The number of carbonyl (C=O) groups is 1. The molecule has 1 aromatic carbocycles. The number of halogens is 1. The number of nitrogens with zero attached hydrogens (tertiary/aromatic N) is 1. The molecule has 2 saturated heterocycles. The van der Waals surface area contributed by atoms with Crippen molar-refractivity contribution in [1.82, 2.24) is 10.2 Å². The Morgan fingerprint density at radius 3 is 2.74 bits per heavy atom. The molecule has 1 saturated carbocycles. The summed E-state index contributed by atoms with van der Waals surface area (Å²) < 4.78 is 24.8. The second-order valence-corrected chi connectivity index (χ2v) is 8.26. The summed E-state index contributed by atoms with van der Waals surface area (Å²) in [6.45, 7) is 3.43. The fraction of sp³-hybridized carbons (Fsp3) is 0.667. The maximum Gasteiger partial charge on any atom is 0.317 e. The van der Waals surface area contributed by atoms with Crippen LogP contribution in [0, 0.1) is 11.2 Å². The Morgan fingerprint density at radius 2 is 1.96 bits per heavy atom. The third-order valence-corrected chi connectivity index (χ3v) is 6.24. The van der Waals surface area contributed by atoms with Gasteiger partial charge in [-0.05, 0) is 43.4 Å². The lowest BCUT2D eigenvalue weighted by atomic mass is 9.87. The smallest absolute Gasteiger partial charge is 0.317 e. The van der Waals surface area contributed by atoms with Crippen LogP contribution >= 0.6 is 0 Å². The monoisotopic (exact) mass is 376 g/mol. The SMILES string of the molecule is O=C(NC1CCOC(c2ccc(F)cc2)C1)N1CCOCC2(CCCC2)C1. The van der Waals surface area contributed by atoms with E-state index in [1.807, 2.05) is 4.90 Å². The van der Waals surface area contributed by atoms with Crippen LogP contribution in [0.3, 0.4) is 0 Å². The lowest BCUT2D eigenvalue weighted by Crippen LogP contribution is -2.50. The van der Waals surface area contributed by atoms with Crippen LogP contribution in [0.1, 0.15) is 50.2 Å². The number of urea groups is 1. The predicted molar refractivity (Wildman–Crippen MR) is 99.9 cm³/mol. The molecule has 2 heterocycles. The molecule has 2 aliphatic heterocycles. The van der Waals surface area contributed by atoms with E-state index in [1.54, 1.807) is 12.1 Å². The van der Waals surface area contributed by atoms with Gasteiger partial charge < -0.3 is 19.7 Å². The zero-order valence-electron chi connectivity index (χ0n) is 15.8. The van der Waals surface area contributed by atoms with Crippen LogP contribution in [0.5, 0.6) is 0 Å². The van der Waals surface area contributed by atoms with Crippen LogP contribution in [0.2, 0.25) is 0 Å². The van der Waals surface area contributed by atoms with Gasteiger partial charge in [-0.3, -0.25) is 0 Å². The van der Waals surface area contributed by atoms with Crippen molar-refractivity contribution < 1.29 is 18.7 Å². The molecule has 0 bridgehead atoms. The first kappa shape index (κ1) is 18.7. The second kappa shape index (κ2) is 8.15. The van der Waals surface area contributed by atoms with Gasteiger partial charge in [0.05, 0.1) is 19.3 Å². The van der Waals surface area contributed by atoms with E-state index in [2.05, 4.69) is 5.32 Å². The van der Waals surface area contributed by atoms with Crippen molar-refractivity contribution in [1.29, 1.82) is 0 Å². The van der Waals surface area contributed by atoms with E-state index in [0.29, 0.717) is 26.2 Å². The zero-order valence-corrected chi connectivity index (χ0v) is 15.8. The highest BCUT2D eigenvalue weighted by Crippen LogP contribution is 2.40. The summed E-state index contributed by atoms with van der Waals surface area (Å²) in [6.07, 6.45) is 6.20. The molecule has 0 aromatic heterocycles. The van der Waals surface area contributed by atoms with Crippen molar-refractivity contribution in [3.63, 3.8) is 0 Å². The van der Waals surface area contributed by atoms with Crippen LogP contribution in [-0.2, 0) is 9.47 Å². The van der Waals surface area contributed by atoms with Crippen molar-refractivity contribution >= 4 is 6.03 Å². The molecular formula is C21H29FN2O3. The molecule has 2 amide bonds. The van der Waals surface area contributed by atoms with Crippen molar-refractivity contribution in [3.05, 3.63) is 35.6 Å². The molecule has 0 radical (unpaired) electrons. The first-order valence-electron chi connectivity index (χ1n) is 10.1. The summed E-state index contributed by atoms with van der Waals surface area (Å²) in [7, 11) is 0. The standard InChI is InChI=1S/C21H29FN2O3/c22-17-5-3-16(4-6-17)19-13-18(7-11-27-19)23-20(25)24-10-12-26-15-21(14-24)8-1-2-9-21/h3-6,18-19H,1-2,7-15H2,(H,23,25). The van der Waals surface area contributed by atoms with Crippen LogP contribution in [-0.4, -0.2) is 49.9 Å². The Labute approximate surface area is 160 Å². The van der Waals surface area contributed by atoms with Gasteiger partial charge >= 0.3 is 6.03 Å². The fourth-order valence-corrected chi connectivity index (χ4v) is 4.70. The zero-order chi connectivity index (χ0) is 18.7. The maximum atomic E-state index is 13.2. The molecule has 1 aromatic rings. The maximum absolute atomic E-state index is 13.2. The summed E-state index contributed by atoms with van der Waals surface area (Å²) in [6, 6.07) is 6.53. The molecule has 148 valence electrons. The van der Waals surface area contributed by atoms with Gasteiger partial charge in [0.1, 0.15) is 5.82 Å². The second-order valence-electron chi connectivity index (χ2n) is 8.26. The summed E-state index contributed by atoms with van der Waals surface area (Å²) in [4.78, 5) is 14.9. The van der Waals surface area contributed by atoms with E-state index in [4.69, 9.17) is 9.47 Å². The molecular weight excluding hydrogens is 347 g/mol. The third kappa shape index (κ3) is 4.43. The van der Waals surface area contributed by atoms with Crippen molar-refractivity contribution in [2.45, 2.75) is 50.7 Å². The first-order chi connectivity index (χ1) is 13.1. The van der Waals surface area contributed by atoms with Crippen LogP contribution < -0.4 is 5.32 Å². The van der Waals surface area contributed by atoms with Gasteiger partial charge in [0.2, 0.25) is 0 Å². The Bertz CT molecular complexity index is 645. The summed E-state index contributed by atoms with van der Waals surface area (Å²) in [5.74, 6) is -0.247. The van der Waals surface area contributed by atoms with Crippen LogP contribution in [0.15, 0.2) is 24.3 Å². The third-order valence-electron chi connectivity index (χ3n) is 6.24. The highest BCUT2D eigenvalue weighted by atomic mass is 19.1. The Morgan fingerprint density at radius 1 is 1.19 bits per heavy atom. The van der Waals surface area contributed by atoms with Gasteiger partial charge in [0.15, 0.2) is 0 Å². The Hall–Kier alpha value is -1.66. The van der Waals surface area contributed by atoms with Gasteiger partial charge in [-0.1, -0.05) is 25.0 Å². The van der Waals surface area contributed by atoms with Crippen LogP contribution in [0.25, 0.3) is 0 Å². The predicted octanol–water partition coefficient (Wildman–Crippen LogP) is 3.65. The van der Waals surface area contributed by atoms with E-state index < -0.39 is 0 Å². The quantitative estimate of drug-likeness (QED) is 0.857. The molecule has 1 N–H and O–H groups in total. The largest absolute Gasteiger partial charge is 0.379 e. The van der Waals surface area contributed by atoms with Gasteiger partial charge in [-0.2, -0.15) is 0 Å². The minimum absolute atomic E-state index is 0.0107. The normalized spacial score (nSPS) is 28.1. The number of nitrogens with one attached hydrogen (secondary N) is 1. The van der Waals surface area contributed by atoms with E-state index in [-0.39, 0.29) is 29.4 Å². The average Bonchev–Trinajstić information content (AvgIpc) is 3.02. The summed E-state index contributed by atoms with van der Waals surface area (Å²) >= 11 is 0. The molecule has 1 aliphatic carbocycles. The van der Waals surface area contributed by atoms with E-state index in [1.165, 1.54) is 25.0 Å². The van der Waals surface area contributed by atoms with E-state index in [0.717, 1.165) is 38.0 Å². The molecule has 2 unspecified atom stereocenters. The minimum Gasteiger partial charge on any atom is -0.379 e. The fourth-order valence-electron chi connectivity index (χ4n) is 4.70. The van der Waals surface area contributed by atoms with Crippen LogP contribution in [0.4, 0.5) is 9.18 Å². The minimum atomic E-state index is -0.247. The number of amides is 2. The van der Waals surface area contributed by atoms with Crippen molar-refractivity contribution in [2.24, 2.45) is 5.41 Å². The van der Waals surface area contributed by atoms with Gasteiger partial charge in [0, 0.05) is 31.2 Å². The van der Waals surface area contributed by atoms with Gasteiger partial charge in [0.25, 0.3) is 0 Å². The number of rotatable bonds is 2.